The Hall–Kier alpha value is -3.84. The van der Waals surface area contributed by atoms with Crippen molar-refractivity contribution in [2.75, 3.05) is 11.1 Å². The zero-order valence-corrected chi connectivity index (χ0v) is 19.0. The first-order valence-electron chi connectivity index (χ1n) is 10.5. The summed E-state index contributed by atoms with van der Waals surface area (Å²) < 4.78 is 1.90. The van der Waals surface area contributed by atoms with Gasteiger partial charge in [-0.25, -0.2) is 4.98 Å². The zero-order valence-electron chi connectivity index (χ0n) is 18.2. The fraction of sp³-hybridized carbons (Fsp3) is 0.115. The van der Waals surface area contributed by atoms with Gasteiger partial charge in [-0.3, -0.25) is 14.2 Å². The molecule has 0 fully saturated rings. The third kappa shape index (κ3) is 6.11. The minimum Gasteiger partial charge on any atom is -0.348 e. The number of hydrogen-bond donors (Lipinski definition) is 2. The van der Waals surface area contributed by atoms with Crippen molar-refractivity contribution < 1.29 is 9.59 Å². The summed E-state index contributed by atoms with van der Waals surface area (Å²) in [4.78, 5) is 29.2. The lowest BCUT2D eigenvalue weighted by molar-refractivity contribution is -0.113. The fourth-order valence-electron chi connectivity index (χ4n) is 3.30. The van der Waals surface area contributed by atoms with Crippen molar-refractivity contribution in [3.05, 3.63) is 108 Å². The van der Waals surface area contributed by atoms with Crippen LogP contribution in [0.15, 0.2) is 96.4 Å². The van der Waals surface area contributed by atoms with E-state index in [9.17, 15) is 9.59 Å². The Balaban J connectivity index is 1.35. The van der Waals surface area contributed by atoms with Crippen molar-refractivity contribution in [1.29, 1.82) is 0 Å². The van der Waals surface area contributed by atoms with E-state index in [4.69, 9.17) is 0 Å². The highest BCUT2D eigenvalue weighted by molar-refractivity contribution is 7.99. The summed E-state index contributed by atoms with van der Waals surface area (Å²) in [5.41, 5.74) is 4.38. The van der Waals surface area contributed by atoms with Gasteiger partial charge < -0.3 is 10.6 Å². The van der Waals surface area contributed by atoms with Crippen LogP contribution < -0.4 is 10.6 Å². The third-order valence-electron chi connectivity index (χ3n) is 4.94. The van der Waals surface area contributed by atoms with E-state index < -0.39 is 0 Å². The second kappa shape index (κ2) is 10.7. The van der Waals surface area contributed by atoms with E-state index in [2.05, 4.69) is 15.6 Å². The molecule has 0 aliphatic carbocycles. The van der Waals surface area contributed by atoms with E-state index in [-0.39, 0.29) is 17.6 Å². The molecule has 0 aliphatic heterocycles. The Kier molecular flexibility index (Phi) is 7.22. The SMILES string of the molecule is Cc1cccc(NC(=O)CSc2nccn2-c2ccc(C(=O)NCc3ccccc3)cc2)c1. The molecule has 33 heavy (non-hydrogen) atoms. The lowest BCUT2D eigenvalue weighted by Gasteiger charge is -2.10. The van der Waals surface area contributed by atoms with Gasteiger partial charge >= 0.3 is 0 Å². The highest BCUT2D eigenvalue weighted by Crippen LogP contribution is 2.21. The molecule has 0 aliphatic rings. The molecular weight excluding hydrogens is 432 g/mol. The van der Waals surface area contributed by atoms with E-state index in [1.54, 1.807) is 18.3 Å². The summed E-state index contributed by atoms with van der Waals surface area (Å²) in [6.45, 7) is 2.47. The number of nitrogens with one attached hydrogen (secondary N) is 2. The maximum absolute atomic E-state index is 12.5. The molecule has 1 heterocycles. The Morgan fingerprint density at radius 3 is 2.52 bits per heavy atom. The summed E-state index contributed by atoms with van der Waals surface area (Å²) >= 11 is 1.36. The number of aryl methyl sites for hydroxylation is 1. The van der Waals surface area contributed by atoms with Gasteiger partial charge in [0, 0.05) is 35.9 Å². The van der Waals surface area contributed by atoms with Crippen LogP contribution in [0.1, 0.15) is 21.5 Å². The second-order valence-corrected chi connectivity index (χ2v) is 8.44. The summed E-state index contributed by atoms with van der Waals surface area (Å²) in [7, 11) is 0. The van der Waals surface area contributed by atoms with Gasteiger partial charge in [-0.05, 0) is 54.4 Å². The molecule has 0 atom stereocenters. The van der Waals surface area contributed by atoms with Crippen LogP contribution in [-0.2, 0) is 11.3 Å². The van der Waals surface area contributed by atoms with Gasteiger partial charge in [0.2, 0.25) is 5.91 Å². The summed E-state index contributed by atoms with van der Waals surface area (Å²) in [5, 5.41) is 6.54. The first-order valence-corrected chi connectivity index (χ1v) is 11.5. The van der Waals surface area contributed by atoms with Crippen LogP contribution in [0.4, 0.5) is 5.69 Å². The predicted octanol–water partition coefficient (Wildman–Crippen LogP) is 4.84. The molecule has 0 saturated carbocycles. The standard InChI is InChI=1S/C26H24N4O2S/c1-19-6-5-9-22(16-19)29-24(31)18-33-26-27-14-15-30(26)23-12-10-21(11-13-23)25(32)28-17-20-7-3-2-4-8-20/h2-16H,17-18H2,1H3,(H,28,32)(H,29,31). The normalized spacial score (nSPS) is 10.6. The largest absolute Gasteiger partial charge is 0.348 e. The van der Waals surface area contributed by atoms with Crippen LogP contribution in [0.2, 0.25) is 0 Å². The lowest BCUT2D eigenvalue weighted by Crippen LogP contribution is -2.22. The van der Waals surface area contributed by atoms with Gasteiger partial charge in [-0.15, -0.1) is 0 Å². The van der Waals surface area contributed by atoms with Gasteiger partial charge in [-0.1, -0.05) is 54.2 Å². The number of imidazole rings is 1. The molecule has 3 aromatic carbocycles. The molecule has 0 bridgehead atoms. The third-order valence-corrected chi connectivity index (χ3v) is 5.91. The number of amides is 2. The molecule has 1 aromatic heterocycles. The van der Waals surface area contributed by atoms with Gasteiger partial charge in [0.25, 0.3) is 5.91 Å². The van der Waals surface area contributed by atoms with Crippen LogP contribution in [0.25, 0.3) is 5.69 Å². The number of nitrogens with zero attached hydrogens (tertiary/aromatic N) is 2. The molecule has 166 valence electrons. The summed E-state index contributed by atoms with van der Waals surface area (Å²) in [5.74, 6) is 0.0225. The van der Waals surface area contributed by atoms with Crippen LogP contribution in [0.3, 0.4) is 0 Å². The number of anilines is 1. The van der Waals surface area contributed by atoms with Gasteiger partial charge in [0.1, 0.15) is 0 Å². The van der Waals surface area contributed by atoms with Crippen molar-refractivity contribution in [1.82, 2.24) is 14.9 Å². The lowest BCUT2D eigenvalue weighted by atomic mass is 10.1. The summed E-state index contributed by atoms with van der Waals surface area (Å²) in [6.07, 6.45) is 3.53. The molecule has 7 heteroatoms. The van der Waals surface area contributed by atoms with E-state index in [1.807, 2.05) is 84.4 Å². The van der Waals surface area contributed by atoms with E-state index >= 15 is 0 Å². The second-order valence-electron chi connectivity index (χ2n) is 7.50. The van der Waals surface area contributed by atoms with Gasteiger partial charge in [0.05, 0.1) is 5.75 Å². The van der Waals surface area contributed by atoms with E-state index in [0.29, 0.717) is 17.3 Å². The molecule has 6 nitrogen and oxygen atoms in total. The van der Waals surface area contributed by atoms with Crippen molar-refractivity contribution in [3.8, 4) is 5.69 Å². The monoisotopic (exact) mass is 456 g/mol. The minimum absolute atomic E-state index is 0.0921. The van der Waals surface area contributed by atoms with Crippen LogP contribution in [0, 0.1) is 6.92 Å². The highest BCUT2D eigenvalue weighted by Gasteiger charge is 2.11. The quantitative estimate of drug-likeness (QED) is 0.372. The Morgan fingerprint density at radius 1 is 0.970 bits per heavy atom. The van der Waals surface area contributed by atoms with Gasteiger partial charge in [-0.2, -0.15) is 0 Å². The molecule has 0 radical (unpaired) electrons. The molecule has 4 rings (SSSR count). The Morgan fingerprint density at radius 2 is 1.76 bits per heavy atom. The maximum atomic E-state index is 12.5. The van der Waals surface area contributed by atoms with Crippen LogP contribution >= 0.6 is 11.8 Å². The first-order chi connectivity index (χ1) is 16.1. The zero-order chi connectivity index (χ0) is 23.0. The Labute approximate surface area is 197 Å². The smallest absolute Gasteiger partial charge is 0.251 e. The topological polar surface area (TPSA) is 76.0 Å². The molecule has 2 amide bonds. The van der Waals surface area contributed by atoms with Crippen molar-refractivity contribution in [2.45, 2.75) is 18.6 Å². The van der Waals surface area contributed by atoms with Crippen LogP contribution in [-0.4, -0.2) is 27.1 Å². The van der Waals surface area contributed by atoms with Crippen molar-refractivity contribution >= 4 is 29.3 Å². The number of benzene rings is 3. The number of carbonyl (C=O) groups is 2. The van der Waals surface area contributed by atoms with Crippen molar-refractivity contribution in [3.63, 3.8) is 0 Å². The minimum atomic E-state index is -0.126. The fourth-order valence-corrected chi connectivity index (χ4v) is 4.07. The molecular formula is C26H24N4O2S. The molecule has 0 unspecified atom stereocenters. The van der Waals surface area contributed by atoms with E-state index in [1.165, 1.54) is 11.8 Å². The average Bonchev–Trinajstić information content (AvgIpc) is 3.31. The van der Waals surface area contributed by atoms with E-state index in [0.717, 1.165) is 22.5 Å². The Bertz CT molecular complexity index is 1240. The molecule has 0 saturated heterocycles. The maximum Gasteiger partial charge on any atom is 0.251 e. The predicted molar refractivity (Wildman–Crippen MR) is 132 cm³/mol. The molecule has 2 N–H and O–H groups in total. The summed E-state index contributed by atoms with van der Waals surface area (Å²) in [6, 6.07) is 24.8. The van der Waals surface area contributed by atoms with Gasteiger partial charge in [0.15, 0.2) is 5.16 Å². The number of rotatable bonds is 8. The first kappa shape index (κ1) is 22.4. The van der Waals surface area contributed by atoms with Crippen molar-refractivity contribution in [2.24, 2.45) is 0 Å². The number of hydrogen-bond acceptors (Lipinski definition) is 4. The number of carbonyl (C=O) groups excluding carboxylic acids is 2. The molecule has 0 spiro atoms. The number of thioether (sulfide) groups is 1. The number of aromatic nitrogens is 2. The van der Waals surface area contributed by atoms with Crippen LogP contribution in [0.5, 0.6) is 0 Å². The molecule has 4 aromatic rings. The highest BCUT2D eigenvalue weighted by atomic mass is 32.2. The average molecular weight is 457 g/mol.